The average Bonchev–Trinajstić information content (AvgIpc) is 3.09. The number of ether oxygens (including phenoxy) is 2. The van der Waals surface area contributed by atoms with Gasteiger partial charge in [0, 0.05) is 34.2 Å². The Morgan fingerprint density at radius 2 is 2.00 bits per heavy atom. The maximum atomic E-state index is 11.9. The molecular weight excluding hydrogens is 393 g/mol. The van der Waals surface area contributed by atoms with Crippen molar-refractivity contribution in [2.24, 2.45) is 0 Å². The standard InChI is InChI=1S/C19H17Cl2NO3S/c20-15-4-3-14(16(21)10-15)11-26-8-7-22-19(23)6-2-13-1-5-17-18(9-13)25-12-24-17/h1-6,9-10H,7-8,11-12H2,(H,22,23)/b6-2+. The van der Waals surface area contributed by atoms with Crippen LogP contribution in [0.25, 0.3) is 6.08 Å². The summed E-state index contributed by atoms with van der Waals surface area (Å²) in [4.78, 5) is 11.9. The van der Waals surface area contributed by atoms with E-state index in [-0.39, 0.29) is 12.7 Å². The van der Waals surface area contributed by atoms with Gasteiger partial charge < -0.3 is 14.8 Å². The number of thioether (sulfide) groups is 1. The minimum atomic E-state index is -0.132. The normalized spacial score (nSPS) is 12.5. The fourth-order valence-electron chi connectivity index (χ4n) is 2.31. The second kappa shape index (κ2) is 9.21. The average molecular weight is 410 g/mol. The van der Waals surface area contributed by atoms with Gasteiger partial charge in [0.2, 0.25) is 12.7 Å². The first-order chi connectivity index (χ1) is 12.6. The van der Waals surface area contributed by atoms with Gasteiger partial charge in [-0.15, -0.1) is 0 Å². The van der Waals surface area contributed by atoms with Crippen LogP contribution in [0.4, 0.5) is 0 Å². The lowest BCUT2D eigenvalue weighted by Crippen LogP contribution is -2.23. The van der Waals surface area contributed by atoms with Gasteiger partial charge in [-0.1, -0.05) is 35.3 Å². The molecule has 0 aromatic heterocycles. The van der Waals surface area contributed by atoms with Crippen molar-refractivity contribution in [3.05, 3.63) is 63.6 Å². The Morgan fingerprint density at radius 1 is 1.15 bits per heavy atom. The number of benzene rings is 2. The highest BCUT2D eigenvalue weighted by Gasteiger charge is 2.12. The Kier molecular flexibility index (Phi) is 6.72. The maximum absolute atomic E-state index is 11.9. The first-order valence-corrected chi connectivity index (χ1v) is 9.90. The Balaban J connectivity index is 1.37. The summed E-state index contributed by atoms with van der Waals surface area (Å²) in [7, 11) is 0. The lowest BCUT2D eigenvalue weighted by atomic mass is 10.2. The van der Waals surface area contributed by atoms with Gasteiger partial charge in [0.25, 0.3) is 0 Å². The van der Waals surface area contributed by atoms with Gasteiger partial charge in [-0.25, -0.2) is 0 Å². The number of hydrogen-bond donors (Lipinski definition) is 1. The van der Waals surface area contributed by atoms with Crippen molar-refractivity contribution >= 4 is 46.9 Å². The number of nitrogens with one attached hydrogen (secondary N) is 1. The summed E-state index contributed by atoms with van der Waals surface area (Å²) >= 11 is 13.7. The van der Waals surface area contributed by atoms with Crippen LogP contribution in [-0.2, 0) is 10.5 Å². The highest BCUT2D eigenvalue weighted by Crippen LogP contribution is 2.32. The van der Waals surface area contributed by atoms with Crippen molar-refractivity contribution in [3.8, 4) is 11.5 Å². The van der Waals surface area contributed by atoms with Gasteiger partial charge in [-0.05, 0) is 41.5 Å². The molecule has 0 aliphatic carbocycles. The molecule has 0 fully saturated rings. The molecule has 26 heavy (non-hydrogen) atoms. The third kappa shape index (κ3) is 5.34. The summed E-state index contributed by atoms with van der Waals surface area (Å²) in [6.07, 6.45) is 3.26. The molecule has 136 valence electrons. The molecule has 3 rings (SSSR count). The van der Waals surface area contributed by atoms with Gasteiger partial charge in [-0.2, -0.15) is 11.8 Å². The highest BCUT2D eigenvalue weighted by molar-refractivity contribution is 7.98. The van der Waals surface area contributed by atoms with E-state index in [1.165, 1.54) is 6.08 Å². The van der Waals surface area contributed by atoms with Crippen molar-refractivity contribution in [2.45, 2.75) is 5.75 Å². The van der Waals surface area contributed by atoms with Crippen molar-refractivity contribution in [3.63, 3.8) is 0 Å². The first-order valence-electron chi connectivity index (χ1n) is 7.99. The number of fused-ring (bicyclic) bond motifs is 1. The molecule has 4 nitrogen and oxygen atoms in total. The third-order valence-corrected chi connectivity index (χ3v) is 5.24. The van der Waals surface area contributed by atoms with Crippen molar-refractivity contribution in [2.75, 3.05) is 19.1 Å². The lowest BCUT2D eigenvalue weighted by molar-refractivity contribution is -0.116. The molecule has 2 aromatic carbocycles. The van der Waals surface area contributed by atoms with E-state index in [9.17, 15) is 4.79 Å². The van der Waals surface area contributed by atoms with Crippen LogP contribution in [0.15, 0.2) is 42.5 Å². The summed E-state index contributed by atoms with van der Waals surface area (Å²) in [6, 6.07) is 11.0. The van der Waals surface area contributed by atoms with E-state index in [0.29, 0.717) is 22.3 Å². The van der Waals surface area contributed by atoms with Crippen LogP contribution >= 0.6 is 35.0 Å². The van der Waals surface area contributed by atoms with E-state index >= 15 is 0 Å². The molecule has 1 N–H and O–H groups in total. The predicted molar refractivity (Wildman–Crippen MR) is 107 cm³/mol. The number of hydrogen-bond acceptors (Lipinski definition) is 4. The molecule has 0 bridgehead atoms. The Labute approximate surface area is 166 Å². The van der Waals surface area contributed by atoms with Crippen molar-refractivity contribution in [1.82, 2.24) is 5.32 Å². The summed E-state index contributed by atoms with van der Waals surface area (Å²) < 4.78 is 10.6. The van der Waals surface area contributed by atoms with Crippen molar-refractivity contribution < 1.29 is 14.3 Å². The molecular formula is C19H17Cl2NO3S. The molecule has 0 radical (unpaired) electrons. The molecule has 1 aliphatic heterocycles. The first kappa shape index (κ1) is 19.0. The zero-order chi connectivity index (χ0) is 18.4. The van der Waals surface area contributed by atoms with Gasteiger partial charge in [0.1, 0.15) is 0 Å². The third-order valence-electron chi connectivity index (χ3n) is 3.64. The Hall–Kier alpha value is -1.82. The van der Waals surface area contributed by atoms with Crippen LogP contribution in [0.3, 0.4) is 0 Å². The quantitative estimate of drug-likeness (QED) is 0.527. The van der Waals surface area contributed by atoms with Crippen LogP contribution in [0.5, 0.6) is 11.5 Å². The molecule has 7 heteroatoms. The molecule has 0 atom stereocenters. The molecule has 0 unspecified atom stereocenters. The second-order valence-corrected chi connectivity index (χ2v) is 7.47. The molecule has 0 spiro atoms. The minimum absolute atomic E-state index is 0.132. The molecule has 1 amide bonds. The van der Waals surface area contributed by atoms with Gasteiger partial charge in [0.15, 0.2) is 11.5 Å². The van der Waals surface area contributed by atoms with E-state index in [2.05, 4.69) is 5.32 Å². The largest absolute Gasteiger partial charge is 0.454 e. The van der Waals surface area contributed by atoms with Gasteiger partial charge in [0.05, 0.1) is 0 Å². The van der Waals surface area contributed by atoms with E-state index in [1.807, 2.05) is 30.3 Å². The number of amides is 1. The van der Waals surface area contributed by atoms with E-state index in [0.717, 1.165) is 28.4 Å². The van der Waals surface area contributed by atoms with Crippen LogP contribution in [0, 0.1) is 0 Å². The molecule has 0 saturated heterocycles. The highest BCUT2D eigenvalue weighted by atomic mass is 35.5. The number of halogens is 2. The summed E-state index contributed by atoms with van der Waals surface area (Å²) in [5.74, 6) is 2.86. The summed E-state index contributed by atoms with van der Waals surface area (Å²) in [6.45, 7) is 0.822. The smallest absolute Gasteiger partial charge is 0.244 e. The van der Waals surface area contributed by atoms with E-state index < -0.39 is 0 Å². The fraction of sp³-hybridized carbons (Fsp3) is 0.211. The minimum Gasteiger partial charge on any atom is -0.454 e. The van der Waals surface area contributed by atoms with Gasteiger partial charge in [-0.3, -0.25) is 4.79 Å². The van der Waals surface area contributed by atoms with E-state index in [4.69, 9.17) is 32.7 Å². The van der Waals surface area contributed by atoms with Crippen LogP contribution in [0.1, 0.15) is 11.1 Å². The monoisotopic (exact) mass is 409 g/mol. The van der Waals surface area contributed by atoms with Crippen molar-refractivity contribution in [1.29, 1.82) is 0 Å². The molecule has 1 heterocycles. The van der Waals surface area contributed by atoms with Crippen LogP contribution in [-0.4, -0.2) is 25.0 Å². The van der Waals surface area contributed by atoms with Gasteiger partial charge >= 0.3 is 0 Å². The zero-order valence-electron chi connectivity index (χ0n) is 13.8. The fourth-order valence-corrected chi connectivity index (χ4v) is 3.73. The lowest BCUT2D eigenvalue weighted by Gasteiger charge is -2.05. The summed E-state index contributed by atoms with van der Waals surface area (Å²) in [5, 5.41) is 4.16. The summed E-state index contributed by atoms with van der Waals surface area (Å²) in [5.41, 5.74) is 1.92. The number of carbonyl (C=O) groups is 1. The van der Waals surface area contributed by atoms with Crippen LogP contribution in [0.2, 0.25) is 10.0 Å². The zero-order valence-corrected chi connectivity index (χ0v) is 16.2. The molecule has 0 saturated carbocycles. The Morgan fingerprint density at radius 3 is 2.85 bits per heavy atom. The maximum Gasteiger partial charge on any atom is 0.244 e. The SMILES string of the molecule is O=C(/C=C/c1ccc2c(c1)OCO2)NCCSCc1ccc(Cl)cc1Cl. The predicted octanol–water partition coefficient (Wildman–Crippen LogP) is 4.78. The van der Waals surface area contributed by atoms with Crippen LogP contribution < -0.4 is 14.8 Å². The Bertz CT molecular complexity index is 826. The number of rotatable bonds is 7. The topological polar surface area (TPSA) is 47.6 Å². The number of carbonyl (C=O) groups excluding carboxylic acids is 1. The molecule has 2 aromatic rings. The molecule has 1 aliphatic rings. The van der Waals surface area contributed by atoms with E-state index in [1.54, 1.807) is 23.9 Å². The second-order valence-electron chi connectivity index (χ2n) is 5.53.